The highest BCUT2D eigenvalue weighted by Gasteiger charge is 2.59. The smallest absolute Gasteiger partial charge is 0.466 e. The van der Waals surface area contributed by atoms with Gasteiger partial charge in [-0.25, -0.2) is 4.79 Å². The van der Waals surface area contributed by atoms with Crippen LogP contribution in [-0.2, 0) is 28.6 Å². The maximum atomic E-state index is 13.0. The van der Waals surface area contributed by atoms with E-state index in [0.29, 0.717) is 25.9 Å². The van der Waals surface area contributed by atoms with Gasteiger partial charge in [-0.1, -0.05) is 6.08 Å². The third kappa shape index (κ3) is 3.15. The summed E-state index contributed by atoms with van der Waals surface area (Å²) >= 11 is 0. The number of hydrogen-bond donors (Lipinski definition) is 0. The number of alkyl halides is 3. The van der Waals surface area contributed by atoms with Crippen molar-refractivity contribution in [3.63, 3.8) is 0 Å². The van der Waals surface area contributed by atoms with Gasteiger partial charge in [0.2, 0.25) is 0 Å². The van der Waals surface area contributed by atoms with Gasteiger partial charge in [0.1, 0.15) is 5.54 Å². The minimum Gasteiger partial charge on any atom is -0.466 e. The Morgan fingerprint density at radius 3 is 2.52 bits per heavy atom. The highest BCUT2D eigenvalue weighted by Crippen LogP contribution is 2.52. The standard InChI is InChI=1S/C16H20F3NO6S/c1-24-11-4-3-10-5-7-20-8-6-12(14(21)25-2)13(15(10,20)9-11)26-27(22,23)16(17,18)19/h3,11H,4-9H2,1-2H3/t11-,15-/m0/s1. The molecule has 1 fully saturated rings. The summed E-state index contributed by atoms with van der Waals surface area (Å²) < 4.78 is 77.3. The third-order valence-electron chi connectivity index (χ3n) is 5.40. The first-order chi connectivity index (χ1) is 12.6. The van der Waals surface area contributed by atoms with E-state index in [1.54, 1.807) is 0 Å². The van der Waals surface area contributed by atoms with Crippen LogP contribution in [0, 0.1) is 0 Å². The number of ether oxygens (including phenoxy) is 2. The van der Waals surface area contributed by atoms with Crippen LogP contribution >= 0.6 is 0 Å². The lowest BCUT2D eigenvalue weighted by Crippen LogP contribution is -2.55. The van der Waals surface area contributed by atoms with Gasteiger partial charge >= 0.3 is 21.6 Å². The minimum atomic E-state index is -5.95. The number of carbonyl (C=O) groups is 1. The fourth-order valence-electron chi connectivity index (χ4n) is 4.14. The molecule has 0 amide bonds. The van der Waals surface area contributed by atoms with E-state index in [1.807, 2.05) is 11.0 Å². The number of nitrogens with zero attached hydrogens (tertiary/aromatic N) is 1. The zero-order valence-electron chi connectivity index (χ0n) is 14.8. The molecule has 0 bridgehead atoms. The van der Waals surface area contributed by atoms with E-state index in [-0.39, 0.29) is 24.5 Å². The molecule has 0 radical (unpaired) electrons. The molecule has 2 aliphatic heterocycles. The fourth-order valence-corrected chi connectivity index (χ4v) is 4.69. The number of methoxy groups -OCH3 is 2. The molecule has 11 heteroatoms. The molecule has 27 heavy (non-hydrogen) atoms. The van der Waals surface area contributed by atoms with Crippen molar-refractivity contribution in [2.45, 2.75) is 42.8 Å². The molecule has 0 aromatic heterocycles. The van der Waals surface area contributed by atoms with E-state index in [1.165, 1.54) is 7.11 Å². The Labute approximate surface area is 154 Å². The Morgan fingerprint density at radius 2 is 1.93 bits per heavy atom. The quantitative estimate of drug-likeness (QED) is 0.302. The van der Waals surface area contributed by atoms with Gasteiger partial charge in [-0.3, -0.25) is 4.90 Å². The second kappa shape index (κ2) is 6.78. The summed E-state index contributed by atoms with van der Waals surface area (Å²) in [7, 11) is -3.40. The van der Waals surface area contributed by atoms with Crippen LogP contribution in [0.5, 0.6) is 0 Å². The molecule has 3 aliphatic rings. The van der Waals surface area contributed by atoms with Gasteiger partial charge in [-0.05, 0) is 24.8 Å². The van der Waals surface area contributed by atoms with E-state index in [9.17, 15) is 26.4 Å². The van der Waals surface area contributed by atoms with Crippen molar-refractivity contribution in [2.75, 3.05) is 27.3 Å². The van der Waals surface area contributed by atoms with Gasteiger partial charge < -0.3 is 13.7 Å². The highest BCUT2D eigenvalue weighted by molar-refractivity contribution is 7.87. The zero-order valence-corrected chi connectivity index (χ0v) is 15.7. The Bertz CT molecular complexity index is 803. The molecule has 0 aromatic rings. The zero-order chi connectivity index (χ0) is 20.0. The van der Waals surface area contributed by atoms with Crippen molar-refractivity contribution in [3.8, 4) is 0 Å². The van der Waals surface area contributed by atoms with Gasteiger partial charge in [0.05, 0.1) is 18.8 Å². The molecule has 0 N–H and O–H groups in total. The Kier molecular flexibility index (Phi) is 5.06. The summed E-state index contributed by atoms with van der Waals surface area (Å²) in [5.74, 6) is -1.41. The first-order valence-electron chi connectivity index (χ1n) is 8.37. The fraction of sp³-hybridized carbons (Fsp3) is 0.688. The molecule has 0 saturated carbocycles. The van der Waals surface area contributed by atoms with Crippen LogP contribution in [0.15, 0.2) is 23.0 Å². The van der Waals surface area contributed by atoms with Crippen LogP contribution in [0.4, 0.5) is 13.2 Å². The van der Waals surface area contributed by atoms with Gasteiger partial charge in [-0.15, -0.1) is 0 Å². The van der Waals surface area contributed by atoms with Gasteiger partial charge in [0.15, 0.2) is 5.76 Å². The van der Waals surface area contributed by atoms with Gasteiger partial charge in [0, 0.05) is 26.6 Å². The second-order valence-corrected chi connectivity index (χ2v) is 8.19. The van der Waals surface area contributed by atoms with E-state index in [4.69, 9.17) is 4.74 Å². The molecule has 0 aromatic carbocycles. The Balaban J connectivity index is 2.20. The van der Waals surface area contributed by atoms with Crippen molar-refractivity contribution in [1.82, 2.24) is 4.90 Å². The summed E-state index contributed by atoms with van der Waals surface area (Å²) in [5, 5.41) is 0. The first-order valence-corrected chi connectivity index (χ1v) is 9.77. The third-order valence-corrected chi connectivity index (χ3v) is 6.35. The average Bonchev–Trinajstić information content (AvgIpc) is 2.99. The van der Waals surface area contributed by atoms with Crippen LogP contribution in [0.3, 0.4) is 0 Å². The van der Waals surface area contributed by atoms with E-state index >= 15 is 0 Å². The number of esters is 1. The Hall–Kier alpha value is -1.59. The molecule has 3 rings (SSSR count). The van der Waals surface area contributed by atoms with Crippen LogP contribution in [0.2, 0.25) is 0 Å². The summed E-state index contributed by atoms with van der Waals surface area (Å²) in [6, 6.07) is 0. The van der Waals surface area contributed by atoms with Gasteiger partial charge in [-0.2, -0.15) is 21.6 Å². The number of carbonyl (C=O) groups excluding carboxylic acids is 1. The molecule has 0 unspecified atom stereocenters. The van der Waals surface area contributed by atoms with E-state index in [0.717, 1.165) is 12.7 Å². The molecule has 1 saturated heterocycles. The molecule has 7 nitrogen and oxygen atoms in total. The molecular formula is C16H20F3NO6S. The lowest BCUT2D eigenvalue weighted by atomic mass is 9.74. The topological polar surface area (TPSA) is 82.1 Å². The molecule has 152 valence electrons. The average molecular weight is 411 g/mol. The predicted octanol–water partition coefficient (Wildman–Crippen LogP) is 1.86. The summed E-state index contributed by atoms with van der Waals surface area (Å²) in [4.78, 5) is 14.1. The van der Waals surface area contributed by atoms with Crippen molar-refractivity contribution in [2.24, 2.45) is 0 Å². The maximum absolute atomic E-state index is 13.0. The summed E-state index contributed by atoms with van der Waals surface area (Å²) in [6.45, 7) is 0.896. The van der Waals surface area contributed by atoms with Crippen LogP contribution < -0.4 is 0 Å². The first kappa shape index (κ1) is 20.2. The van der Waals surface area contributed by atoms with E-state index < -0.39 is 32.9 Å². The largest absolute Gasteiger partial charge is 0.534 e. The summed E-state index contributed by atoms with van der Waals surface area (Å²) in [5.41, 5.74) is -6.31. The highest BCUT2D eigenvalue weighted by atomic mass is 32.2. The number of rotatable bonds is 4. The monoisotopic (exact) mass is 411 g/mol. The molecule has 1 aliphatic carbocycles. The molecular weight excluding hydrogens is 391 g/mol. The van der Waals surface area contributed by atoms with Crippen molar-refractivity contribution in [3.05, 3.63) is 23.0 Å². The predicted molar refractivity (Wildman–Crippen MR) is 86.8 cm³/mol. The van der Waals surface area contributed by atoms with E-state index in [2.05, 4.69) is 8.92 Å². The van der Waals surface area contributed by atoms with Crippen molar-refractivity contribution < 1.29 is 40.0 Å². The SMILES string of the molecule is COC(=O)C1=C(OS(=O)(=O)C(F)(F)F)[C@]23C[C@@H](OC)CC=C2CCN3CC1. The molecule has 2 atom stereocenters. The van der Waals surface area contributed by atoms with Crippen molar-refractivity contribution in [1.29, 1.82) is 0 Å². The van der Waals surface area contributed by atoms with Crippen LogP contribution in [-0.4, -0.2) is 63.7 Å². The van der Waals surface area contributed by atoms with Crippen LogP contribution in [0.25, 0.3) is 0 Å². The lowest BCUT2D eigenvalue weighted by molar-refractivity contribution is -0.137. The number of hydrogen-bond acceptors (Lipinski definition) is 7. The molecule has 1 spiro atoms. The Morgan fingerprint density at radius 1 is 1.26 bits per heavy atom. The summed E-state index contributed by atoms with van der Waals surface area (Å²) in [6.07, 6.45) is 2.80. The minimum absolute atomic E-state index is 0.0298. The lowest BCUT2D eigenvalue weighted by Gasteiger charge is -2.47. The van der Waals surface area contributed by atoms with Crippen LogP contribution in [0.1, 0.15) is 25.7 Å². The maximum Gasteiger partial charge on any atom is 0.534 e. The van der Waals surface area contributed by atoms with Gasteiger partial charge in [0.25, 0.3) is 0 Å². The van der Waals surface area contributed by atoms with Crippen molar-refractivity contribution >= 4 is 16.1 Å². The number of halogens is 3. The second-order valence-electron chi connectivity index (χ2n) is 6.66. The molecule has 2 heterocycles. The normalized spacial score (nSPS) is 29.1.